The molecule has 1 heteroatoms. The second-order valence-corrected chi connectivity index (χ2v) is 4.96. The predicted molar refractivity (Wildman–Crippen MR) is 81.5 cm³/mol. The summed E-state index contributed by atoms with van der Waals surface area (Å²) in [4.78, 5) is 0. The second kappa shape index (κ2) is 5.75. The summed E-state index contributed by atoms with van der Waals surface area (Å²) in [6, 6.07) is 12.6. The lowest BCUT2D eigenvalue weighted by Gasteiger charge is -2.13. The minimum Gasteiger partial charge on any atom is -0.488 e. The summed E-state index contributed by atoms with van der Waals surface area (Å²) in [5.74, 6) is 0.999. The summed E-state index contributed by atoms with van der Waals surface area (Å²) >= 11 is 0. The van der Waals surface area contributed by atoms with Crippen LogP contribution < -0.4 is 4.74 Å². The Morgan fingerprint density at radius 3 is 2.11 bits per heavy atom. The standard InChI is InChI=1S/C18H20O/c1-5-16-6-8-17(9-7-16)12-19-18-14(3)10-13(2)11-15(18)4/h5-11H,1,12H2,2-4H3. The van der Waals surface area contributed by atoms with Crippen LogP contribution in [0.1, 0.15) is 27.8 Å². The van der Waals surface area contributed by atoms with E-state index in [4.69, 9.17) is 4.74 Å². The van der Waals surface area contributed by atoms with Gasteiger partial charge in [-0.3, -0.25) is 0 Å². The Bertz CT molecular complexity index is 556. The van der Waals surface area contributed by atoms with Crippen LogP contribution in [0.5, 0.6) is 5.75 Å². The molecule has 0 radical (unpaired) electrons. The third-order valence-electron chi connectivity index (χ3n) is 3.20. The zero-order valence-electron chi connectivity index (χ0n) is 11.9. The summed E-state index contributed by atoms with van der Waals surface area (Å²) in [7, 11) is 0. The van der Waals surface area contributed by atoms with Gasteiger partial charge in [-0.2, -0.15) is 0 Å². The normalized spacial score (nSPS) is 10.3. The molecule has 0 saturated carbocycles. The van der Waals surface area contributed by atoms with Crippen LogP contribution in [0.2, 0.25) is 0 Å². The van der Waals surface area contributed by atoms with Crippen LogP contribution in [0.3, 0.4) is 0 Å². The minimum absolute atomic E-state index is 0.599. The first-order valence-electron chi connectivity index (χ1n) is 6.52. The van der Waals surface area contributed by atoms with Crippen LogP contribution in [-0.2, 0) is 6.61 Å². The van der Waals surface area contributed by atoms with Gasteiger partial charge in [-0.25, -0.2) is 0 Å². The van der Waals surface area contributed by atoms with Gasteiger partial charge in [0.2, 0.25) is 0 Å². The summed E-state index contributed by atoms with van der Waals surface area (Å²) in [6.45, 7) is 10.6. The van der Waals surface area contributed by atoms with Crippen LogP contribution in [0.4, 0.5) is 0 Å². The summed E-state index contributed by atoms with van der Waals surface area (Å²) < 4.78 is 5.96. The van der Waals surface area contributed by atoms with Crippen molar-refractivity contribution in [3.8, 4) is 5.75 Å². The molecule has 0 aliphatic carbocycles. The fourth-order valence-corrected chi connectivity index (χ4v) is 2.30. The van der Waals surface area contributed by atoms with E-state index in [2.05, 4.69) is 63.7 Å². The molecular formula is C18H20O. The van der Waals surface area contributed by atoms with Gasteiger partial charge < -0.3 is 4.74 Å². The van der Waals surface area contributed by atoms with Crippen LogP contribution in [0.15, 0.2) is 43.0 Å². The Morgan fingerprint density at radius 2 is 1.58 bits per heavy atom. The van der Waals surface area contributed by atoms with Crippen LogP contribution in [0.25, 0.3) is 6.08 Å². The summed E-state index contributed by atoms with van der Waals surface area (Å²) in [5.41, 5.74) is 5.97. The topological polar surface area (TPSA) is 9.23 Å². The first kappa shape index (κ1) is 13.4. The van der Waals surface area contributed by atoms with Crippen molar-refractivity contribution in [1.82, 2.24) is 0 Å². The average Bonchev–Trinajstić information content (AvgIpc) is 2.38. The maximum absolute atomic E-state index is 5.96. The molecule has 0 atom stereocenters. The Labute approximate surface area is 115 Å². The first-order chi connectivity index (χ1) is 9.10. The van der Waals surface area contributed by atoms with Crippen LogP contribution in [-0.4, -0.2) is 0 Å². The van der Waals surface area contributed by atoms with Gasteiger partial charge in [0.05, 0.1) is 0 Å². The number of hydrogen-bond acceptors (Lipinski definition) is 1. The number of rotatable bonds is 4. The van der Waals surface area contributed by atoms with Crippen molar-refractivity contribution in [2.24, 2.45) is 0 Å². The summed E-state index contributed by atoms with van der Waals surface area (Å²) in [5, 5.41) is 0. The molecule has 19 heavy (non-hydrogen) atoms. The molecule has 2 aromatic rings. The number of ether oxygens (including phenoxy) is 1. The van der Waals surface area contributed by atoms with Gasteiger partial charge in [0.15, 0.2) is 0 Å². The van der Waals surface area contributed by atoms with E-state index >= 15 is 0 Å². The predicted octanol–water partition coefficient (Wildman–Crippen LogP) is 4.83. The Kier molecular flexibility index (Phi) is 4.06. The molecule has 0 saturated heterocycles. The molecule has 0 aliphatic heterocycles. The van der Waals surface area contributed by atoms with Gasteiger partial charge in [0, 0.05) is 0 Å². The van der Waals surface area contributed by atoms with Gasteiger partial charge in [0.1, 0.15) is 12.4 Å². The molecule has 2 rings (SSSR count). The zero-order valence-corrected chi connectivity index (χ0v) is 11.9. The Morgan fingerprint density at radius 1 is 1.00 bits per heavy atom. The molecule has 0 N–H and O–H groups in total. The molecule has 98 valence electrons. The molecular weight excluding hydrogens is 232 g/mol. The molecule has 0 fully saturated rings. The molecule has 1 nitrogen and oxygen atoms in total. The maximum atomic E-state index is 5.96. The average molecular weight is 252 g/mol. The van der Waals surface area contributed by atoms with E-state index in [0.29, 0.717) is 6.61 Å². The fourth-order valence-electron chi connectivity index (χ4n) is 2.30. The minimum atomic E-state index is 0.599. The lowest BCUT2D eigenvalue weighted by atomic mass is 10.1. The van der Waals surface area contributed by atoms with E-state index in [1.165, 1.54) is 22.3 Å². The van der Waals surface area contributed by atoms with Gasteiger partial charge in [-0.15, -0.1) is 0 Å². The number of hydrogen-bond donors (Lipinski definition) is 0. The van der Waals surface area contributed by atoms with Crippen molar-refractivity contribution in [3.05, 3.63) is 70.8 Å². The van der Waals surface area contributed by atoms with Gasteiger partial charge in [-0.1, -0.05) is 54.6 Å². The molecule has 0 heterocycles. The smallest absolute Gasteiger partial charge is 0.125 e. The highest BCUT2D eigenvalue weighted by Gasteiger charge is 2.05. The highest BCUT2D eigenvalue weighted by Crippen LogP contribution is 2.25. The highest BCUT2D eigenvalue weighted by molar-refractivity contribution is 5.47. The van der Waals surface area contributed by atoms with E-state index in [1.807, 2.05) is 6.08 Å². The van der Waals surface area contributed by atoms with E-state index < -0.39 is 0 Å². The summed E-state index contributed by atoms with van der Waals surface area (Å²) in [6.07, 6.45) is 1.85. The molecule has 0 aromatic heterocycles. The van der Waals surface area contributed by atoms with Gasteiger partial charge in [-0.05, 0) is 43.0 Å². The van der Waals surface area contributed by atoms with E-state index in [0.717, 1.165) is 11.3 Å². The van der Waals surface area contributed by atoms with Crippen molar-refractivity contribution in [2.75, 3.05) is 0 Å². The largest absolute Gasteiger partial charge is 0.488 e. The monoisotopic (exact) mass is 252 g/mol. The van der Waals surface area contributed by atoms with Crippen LogP contribution in [0, 0.1) is 20.8 Å². The van der Waals surface area contributed by atoms with Crippen molar-refractivity contribution in [3.63, 3.8) is 0 Å². The van der Waals surface area contributed by atoms with E-state index in [1.54, 1.807) is 0 Å². The molecule has 0 spiro atoms. The van der Waals surface area contributed by atoms with Crippen molar-refractivity contribution >= 4 is 6.08 Å². The van der Waals surface area contributed by atoms with Crippen molar-refractivity contribution < 1.29 is 4.74 Å². The lowest BCUT2D eigenvalue weighted by molar-refractivity contribution is 0.302. The maximum Gasteiger partial charge on any atom is 0.125 e. The first-order valence-corrected chi connectivity index (χ1v) is 6.52. The lowest BCUT2D eigenvalue weighted by Crippen LogP contribution is -1.99. The third-order valence-corrected chi connectivity index (χ3v) is 3.20. The number of benzene rings is 2. The van der Waals surface area contributed by atoms with E-state index in [-0.39, 0.29) is 0 Å². The molecule has 0 aliphatic rings. The van der Waals surface area contributed by atoms with Crippen molar-refractivity contribution in [2.45, 2.75) is 27.4 Å². The quantitative estimate of drug-likeness (QED) is 0.757. The van der Waals surface area contributed by atoms with E-state index in [9.17, 15) is 0 Å². The van der Waals surface area contributed by atoms with Gasteiger partial charge in [0.25, 0.3) is 0 Å². The molecule has 0 amide bonds. The molecule has 2 aromatic carbocycles. The SMILES string of the molecule is C=Cc1ccc(COc2c(C)cc(C)cc2C)cc1. The second-order valence-electron chi connectivity index (χ2n) is 4.96. The van der Waals surface area contributed by atoms with Crippen LogP contribution >= 0.6 is 0 Å². The molecule has 0 bridgehead atoms. The Hall–Kier alpha value is -2.02. The van der Waals surface area contributed by atoms with Crippen molar-refractivity contribution in [1.29, 1.82) is 0 Å². The Balaban J connectivity index is 2.12. The molecule has 0 unspecified atom stereocenters. The van der Waals surface area contributed by atoms with Gasteiger partial charge >= 0.3 is 0 Å². The number of aryl methyl sites for hydroxylation is 3. The zero-order chi connectivity index (χ0) is 13.8. The highest BCUT2D eigenvalue weighted by atomic mass is 16.5. The third kappa shape index (κ3) is 3.25. The fraction of sp³-hybridized carbons (Fsp3) is 0.222.